The molecule has 1 heterocycles. The molecule has 9 heteroatoms. The molecule has 0 fully saturated rings. The van der Waals surface area contributed by atoms with Crippen LogP contribution in [0.2, 0.25) is 10.0 Å². The molecule has 7 nitrogen and oxygen atoms in total. The van der Waals surface area contributed by atoms with Gasteiger partial charge in [-0.1, -0.05) is 41.4 Å². The van der Waals surface area contributed by atoms with Crippen molar-refractivity contribution in [2.75, 3.05) is 38.6 Å². The Balaban J connectivity index is 1.41. The van der Waals surface area contributed by atoms with Gasteiger partial charge >= 0.3 is 0 Å². The van der Waals surface area contributed by atoms with Gasteiger partial charge in [0.2, 0.25) is 11.8 Å². The number of carbonyl (C=O) groups is 2. The molecular formula is C20H21Cl2N3O4. The standard InChI is InChI=1S/C20H21Cl2N3O4/c1-25(11-19(27)24-20-14(21)5-4-6-15(20)22)10-18(26)23-9-13-12-28-16-7-2-3-8-17(16)29-13/h2-8,13H,9-12H2,1H3,(H,23,26)(H,24,27)/t13-/m1/s1. The second-order valence-corrected chi connectivity index (χ2v) is 7.43. The fourth-order valence-electron chi connectivity index (χ4n) is 2.79. The molecule has 0 bridgehead atoms. The van der Waals surface area contributed by atoms with E-state index in [-0.39, 0.29) is 31.0 Å². The Hall–Kier alpha value is -2.48. The van der Waals surface area contributed by atoms with Crippen molar-refractivity contribution < 1.29 is 19.1 Å². The lowest BCUT2D eigenvalue weighted by atomic mass is 10.2. The molecule has 1 atom stereocenters. The van der Waals surface area contributed by atoms with Crippen molar-refractivity contribution in [3.8, 4) is 11.5 Å². The number of nitrogens with one attached hydrogen (secondary N) is 2. The van der Waals surface area contributed by atoms with Crippen LogP contribution in [0.15, 0.2) is 42.5 Å². The molecule has 3 rings (SSSR count). The van der Waals surface area contributed by atoms with Gasteiger partial charge in [-0.25, -0.2) is 0 Å². The van der Waals surface area contributed by atoms with E-state index in [0.717, 1.165) is 0 Å². The van der Waals surface area contributed by atoms with E-state index in [9.17, 15) is 9.59 Å². The number of carbonyl (C=O) groups excluding carboxylic acids is 2. The first-order valence-corrected chi connectivity index (χ1v) is 9.75. The van der Waals surface area contributed by atoms with Crippen LogP contribution in [0.4, 0.5) is 5.69 Å². The van der Waals surface area contributed by atoms with Crippen molar-refractivity contribution in [2.24, 2.45) is 0 Å². The number of amides is 2. The first-order chi connectivity index (χ1) is 13.9. The van der Waals surface area contributed by atoms with E-state index in [1.165, 1.54) is 0 Å². The Bertz CT molecular complexity index is 874. The van der Waals surface area contributed by atoms with Gasteiger partial charge in [-0.2, -0.15) is 0 Å². The number of hydrogen-bond acceptors (Lipinski definition) is 5. The van der Waals surface area contributed by atoms with Crippen LogP contribution in [0, 0.1) is 0 Å². The lowest BCUT2D eigenvalue weighted by Crippen LogP contribution is -2.44. The molecule has 2 aromatic rings. The van der Waals surface area contributed by atoms with E-state index in [1.807, 2.05) is 24.3 Å². The van der Waals surface area contributed by atoms with Crippen LogP contribution in [0.25, 0.3) is 0 Å². The van der Waals surface area contributed by atoms with Gasteiger partial charge in [0.15, 0.2) is 11.5 Å². The number of halogens is 2. The molecule has 0 aliphatic carbocycles. The third kappa shape index (κ3) is 6.00. The van der Waals surface area contributed by atoms with Gasteiger partial charge in [-0.05, 0) is 31.3 Å². The van der Waals surface area contributed by atoms with Crippen molar-refractivity contribution in [1.29, 1.82) is 0 Å². The molecule has 154 valence electrons. The minimum absolute atomic E-state index is 0.00534. The van der Waals surface area contributed by atoms with E-state index in [4.69, 9.17) is 32.7 Å². The zero-order valence-corrected chi connectivity index (χ0v) is 17.3. The summed E-state index contributed by atoms with van der Waals surface area (Å²) < 4.78 is 11.4. The highest BCUT2D eigenvalue weighted by molar-refractivity contribution is 6.39. The summed E-state index contributed by atoms with van der Waals surface area (Å²) in [5.74, 6) is 0.805. The minimum atomic E-state index is -0.323. The van der Waals surface area contributed by atoms with E-state index < -0.39 is 0 Å². The van der Waals surface area contributed by atoms with Crippen molar-refractivity contribution in [1.82, 2.24) is 10.2 Å². The first kappa shape index (κ1) is 21.2. The SMILES string of the molecule is CN(CC(=O)NC[C@@H]1COc2ccccc2O1)CC(=O)Nc1c(Cl)cccc1Cl. The van der Waals surface area contributed by atoms with E-state index in [0.29, 0.717) is 40.4 Å². The Morgan fingerprint density at radius 1 is 1.03 bits per heavy atom. The lowest BCUT2D eigenvalue weighted by Gasteiger charge is -2.26. The molecule has 0 aromatic heterocycles. The number of nitrogens with zero attached hydrogens (tertiary/aromatic N) is 1. The first-order valence-electron chi connectivity index (χ1n) is 9.00. The molecule has 1 aliphatic heterocycles. The molecule has 2 amide bonds. The predicted molar refractivity (Wildman–Crippen MR) is 112 cm³/mol. The highest BCUT2D eigenvalue weighted by Gasteiger charge is 2.21. The van der Waals surface area contributed by atoms with Crippen molar-refractivity contribution >= 4 is 40.7 Å². The number of likely N-dealkylation sites (N-methyl/N-ethyl adjacent to an activating group) is 1. The summed E-state index contributed by atoms with van der Waals surface area (Å²) in [6.07, 6.45) is -0.273. The highest BCUT2D eigenvalue weighted by atomic mass is 35.5. The second kappa shape index (κ2) is 9.82. The zero-order valence-electron chi connectivity index (χ0n) is 15.8. The predicted octanol–water partition coefficient (Wildman–Crippen LogP) is 2.82. The third-order valence-electron chi connectivity index (χ3n) is 4.15. The highest BCUT2D eigenvalue weighted by Crippen LogP contribution is 2.31. The van der Waals surface area contributed by atoms with Crippen LogP contribution in [0.1, 0.15) is 0 Å². The molecular weight excluding hydrogens is 417 g/mol. The smallest absolute Gasteiger partial charge is 0.238 e. The molecule has 0 spiro atoms. The van der Waals surface area contributed by atoms with E-state index in [2.05, 4.69) is 10.6 Å². The summed E-state index contributed by atoms with van der Waals surface area (Å²) >= 11 is 12.1. The molecule has 0 radical (unpaired) electrons. The van der Waals surface area contributed by atoms with Gasteiger partial charge in [0.1, 0.15) is 12.7 Å². The normalized spacial score (nSPS) is 15.1. The fourth-order valence-corrected chi connectivity index (χ4v) is 3.28. The van der Waals surface area contributed by atoms with Crippen LogP contribution in [-0.2, 0) is 9.59 Å². The van der Waals surface area contributed by atoms with Gasteiger partial charge < -0.3 is 20.1 Å². The van der Waals surface area contributed by atoms with E-state index >= 15 is 0 Å². The molecule has 1 aliphatic rings. The quantitative estimate of drug-likeness (QED) is 0.695. The molecule has 2 N–H and O–H groups in total. The zero-order chi connectivity index (χ0) is 20.8. The Morgan fingerprint density at radius 3 is 2.41 bits per heavy atom. The summed E-state index contributed by atoms with van der Waals surface area (Å²) in [5.41, 5.74) is 0.355. The fraction of sp³-hybridized carbons (Fsp3) is 0.300. The maximum absolute atomic E-state index is 12.2. The summed E-state index contributed by atoms with van der Waals surface area (Å²) in [4.78, 5) is 25.9. The minimum Gasteiger partial charge on any atom is -0.486 e. The Labute approximate surface area is 178 Å². The number of para-hydroxylation sites is 3. The average molecular weight is 438 g/mol. The van der Waals surface area contributed by atoms with Gasteiger partial charge in [0.05, 0.1) is 35.4 Å². The summed E-state index contributed by atoms with van der Waals surface area (Å²) in [5, 5.41) is 6.16. The molecule has 0 saturated heterocycles. The van der Waals surface area contributed by atoms with Gasteiger partial charge in [-0.15, -0.1) is 0 Å². The van der Waals surface area contributed by atoms with Gasteiger partial charge in [-0.3, -0.25) is 14.5 Å². The van der Waals surface area contributed by atoms with Crippen LogP contribution in [0.3, 0.4) is 0 Å². The number of rotatable bonds is 7. The molecule has 2 aromatic carbocycles. The summed E-state index contributed by atoms with van der Waals surface area (Å²) in [6, 6.07) is 12.3. The number of fused-ring (bicyclic) bond motifs is 1. The monoisotopic (exact) mass is 437 g/mol. The number of anilines is 1. The van der Waals surface area contributed by atoms with E-state index in [1.54, 1.807) is 30.1 Å². The van der Waals surface area contributed by atoms with Crippen LogP contribution in [-0.4, -0.2) is 56.1 Å². The molecule has 29 heavy (non-hydrogen) atoms. The van der Waals surface area contributed by atoms with Crippen LogP contribution < -0.4 is 20.1 Å². The lowest BCUT2D eigenvalue weighted by molar-refractivity contribution is -0.123. The second-order valence-electron chi connectivity index (χ2n) is 6.62. The Kier molecular flexibility index (Phi) is 7.19. The number of hydrogen-bond donors (Lipinski definition) is 2. The third-order valence-corrected chi connectivity index (χ3v) is 4.78. The van der Waals surface area contributed by atoms with Gasteiger partial charge in [0.25, 0.3) is 0 Å². The maximum Gasteiger partial charge on any atom is 0.238 e. The number of benzene rings is 2. The average Bonchev–Trinajstić information content (AvgIpc) is 2.69. The number of ether oxygens (including phenoxy) is 2. The maximum atomic E-state index is 12.2. The van der Waals surface area contributed by atoms with Gasteiger partial charge in [0, 0.05) is 0 Å². The van der Waals surface area contributed by atoms with Crippen molar-refractivity contribution in [2.45, 2.75) is 6.10 Å². The molecule has 0 unspecified atom stereocenters. The van der Waals surface area contributed by atoms with Crippen molar-refractivity contribution in [3.05, 3.63) is 52.5 Å². The Morgan fingerprint density at radius 2 is 1.69 bits per heavy atom. The van der Waals surface area contributed by atoms with Crippen molar-refractivity contribution in [3.63, 3.8) is 0 Å². The molecule has 0 saturated carbocycles. The van der Waals surface area contributed by atoms with Crippen LogP contribution in [0.5, 0.6) is 11.5 Å². The summed E-state index contributed by atoms with van der Waals surface area (Å²) in [7, 11) is 1.67. The topological polar surface area (TPSA) is 79.9 Å². The summed E-state index contributed by atoms with van der Waals surface area (Å²) in [6.45, 7) is 0.718. The van der Waals surface area contributed by atoms with Crippen LogP contribution >= 0.6 is 23.2 Å². The largest absolute Gasteiger partial charge is 0.486 e.